The number of methoxy groups -OCH3 is 1. The highest BCUT2D eigenvalue weighted by molar-refractivity contribution is 7.16. The summed E-state index contributed by atoms with van der Waals surface area (Å²) < 4.78 is 5.03. The Balaban J connectivity index is 2.16. The summed E-state index contributed by atoms with van der Waals surface area (Å²) in [4.78, 5) is 12.0. The molecule has 2 N–H and O–H groups in total. The van der Waals surface area contributed by atoms with Crippen molar-refractivity contribution in [2.24, 2.45) is 0 Å². The Kier molecular flexibility index (Phi) is 3.10. The number of rotatable bonds is 3. The van der Waals surface area contributed by atoms with Crippen molar-refractivity contribution in [1.29, 1.82) is 0 Å². The first-order valence-electron chi connectivity index (χ1n) is 6.34. The van der Waals surface area contributed by atoms with Gasteiger partial charge in [0.15, 0.2) is 5.75 Å². The number of nitrogens with zero attached hydrogens (tertiary/aromatic N) is 1. The number of anilines is 1. The molecule has 3 rings (SSSR count). The summed E-state index contributed by atoms with van der Waals surface area (Å²) in [5.41, 5.74) is 9.10. The first-order chi connectivity index (χ1) is 9.61. The third-order valence-corrected chi connectivity index (χ3v) is 4.73. The molecule has 0 saturated heterocycles. The smallest absolute Gasteiger partial charge is 0.311 e. The standard InChI is InChI=1S/C14H14N2O3S/c1-19-11-6-5-8(7-10(11)16(17)18)13-9-3-2-4-12(9)20-14(13)15/h5-7H,2-4,15H2,1H3. The Morgan fingerprint density at radius 2 is 2.20 bits per heavy atom. The number of fused-ring (bicyclic) bond motifs is 1. The predicted molar refractivity (Wildman–Crippen MR) is 79.4 cm³/mol. The first kappa shape index (κ1) is 12.9. The number of aryl methyl sites for hydroxylation is 1. The summed E-state index contributed by atoms with van der Waals surface area (Å²) in [7, 11) is 1.43. The van der Waals surface area contributed by atoms with E-state index in [-0.39, 0.29) is 11.4 Å². The Morgan fingerprint density at radius 3 is 2.90 bits per heavy atom. The number of nitro benzene ring substituents is 1. The van der Waals surface area contributed by atoms with E-state index in [1.807, 2.05) is 6.07 Å². The van der Waals surface area contributed by atoms with Gasteiger partial charge in [0.2, 0.25) is 0 Å². The zero-order valence-corrected chi connectivity index (χ0v) is 11.8. The monoisotopic (exact) mass is 290 g/mol. The Morgan fingerprint density at radius 1 is 1.40 bits per heavy atom. The summed E-state index contributed by atoms with van der Waals surface area (Å²) in [6.07, 6.45) is 3.19. The van der Waals surface area contributed by atoms with E-state index in [1.165, 1.54) is 17.6 Å². The molecule has 1 aromatic heterocycles. The van der Waals surface area contributed by atoms with Crippen molar-refractivity contribution in [2.75, 3.05) is 12.8 Å². The lowest BCUT2D eigenvalue weighted by atomic mass is 10.0. The van der Waals surface area contributed by atoms with Crippen LogP contribution in [0.25, 0.3) is 11.1 Å². The Labute approximate surface area is 120 Å². The van der Waals surface area contributed by atoms with Crippen LogP contribution < -0.4 is 10.5 Å². The number of hydrogen-bond acceptors (Lipinski definition) is 5. The molecular formula is C14H14N2O3S. The maximum Gasteiger partial charge on any atom is 0.311 e. The summed E-state index contributed by atoms with van der Waals surface area (Å²) >= 11 is 1.60. The summed E-state index contributed by atoms with van der Waals surface area (Å²) in [5.74, 6) is 0.268. The minimum absolute atomic E-state index is 0.0256. The number of hydrogen-bond donors (Lipinski definition) is 1. The van der Waals surface area contributed by atoms with Gasteiger partial charge in [0.25, 0.3) is 0 Å². The molecule has 0 atom stereocenters. The van der Waals surface area contributed by atoms with Gasteiger partial charge in [0.1, 0.15) is 0 Å². The Bertz CT molecular complexity index is 694. The number of thiophene rings is 1. The zero-order chi connectivity index (χ0) is 14.3. The fourth-order valence-corrected chi connectivity index (χ4v) is 3.91. The van der Waals surface area contributed by atoms with E-state index in [0.29, 0.717) is 0 Å². The van der Waals surface area contributed by atoms with Gasteiger partial charge < -0.3 is 10.5 Å². The number of nitro groups is 1. The van der Waals surface area contributed by atoms with Crippen LogP contribution in [0.5, 0.6) is 5.75 Å². The van der Waals surface area contributed by atoms with Crippen molar-refractivity contribution in [2.45, 2.75) is 19.3 Å². The highest BCUT2D eigenvalue weighted by Gasteiger charge is 2.24. The third-order valence-electron chi connectivity index (χ3n) is 3.61. The van der Waals surface area contributed by atoms with E-state index in [0.717, 1.165) is 35.4 Å². The molecule has 0 aliphatic heterocycles. The van der Waals surface area contributed by atoms with Crippen LogP contribution in [0.1, 0.15) is 16.9 Å². The van der Waals surface area contributed by atoms with E-state index < -0.39 is 4.92 Å². The molecule has 1 heterocycles. The summed E-state index contributed by atoms with van der Waals surface area (Å²) in [6.45, 7) is 0. The number of ether oxygens (including phenoxy) is 1. The topological polar surface area (TPSA) is 78.4 Å². The molecule has 0 saturated carbocycles. The number of nitrogens with two attached hydrogens (primary N) is 1. The lowest BCUT2D eigenvalue weighted by Gasteiger charge is -2.07. The van der Waals surface area contributed by atoms with Crippen molar-refractivity contribution in [3.63, 3.8) is 0 Å². The molecule has 1 aromatic carbocycles. The van der Waals surface area contributed by atoms with Crippen molar-refractivity contribution in [3.8, 4) is 16.9 Å². The molecule has 0 bridgehead atoms. The summed E-state index contributed by atoms with van der Waals surface area (Å²) in [6, 6.07) is 5.02. The molecule has 0 amide bonds. The third kappa shape index (κ3) is 1.92. The average Bonchev–Trinajstić information content (AvgIpc) is 2.97. The molecule has 1 aliphatic carbocycles. The van der Waals surface area contributed by atoms with Gasteiger partial charge in [0.05, 0.1) is 17.0 Å². The van der Waals surface area contributed by atoms with Crippen LogP contribution >= 0.6 is 11.3 Å². The number of benzene rings is 1. The fraction of sp³-hybridized carbons (Fsp3) is 0.286. The van der Waals surface area contributed by atoms with Gasteiger partial charge in [-0.25, -0.2) is 0 Å². The largest absolute Gasteiger partial charge is 0.490 e. The second kappa shape index (κ2) is 4.79. The van der Waals surface area contributed by atoms with Crippen molar-refractivity contribution >= 4 is 22.0 Å². The zero-order valence-electron chi connectivity index (χ0n) is 11.0. The van der Waals surface area contributed by atoms with Gasteiger partial charge >= 0.3 is 5.69 Å². The quantitative estimate of drug-likeness (QED) is 0.694. The highest BCUT2D eigenvalue weighted by Crippen LogP contribution is 2.44. The van der Waals surface area contributed by atoms with Crippen molar-refractivity contribution in [1.82, 2.24) is 0 Å². The molecule has 5 nitrogen and oxygen atoms in total. The van der Waals surface area contributed by atoms with Crippen LogP contribution in [0.15, 0.2) is 18.2 Å². The van der Waals surface area contributed by atoms with E-state index in [1.54, 1.807) is 23.5 Å². The van der Waals surface area contributed by atoms with Gasteiger partial charge in [-0.2, -0.15) is 0 Å². The lowest BCUT2D eigenvalue weighted by Crippen LogP contribution is -1.95. The molecule has 6 heteroatoms. The van der Waals surface area contributed by atoms with Crippen molar-refractivity contribution < 1.29 is 9.66 Å². The van der Waals surface area contributed by atoms with Gasteiger partial charge in [-0.05, 0) is 36.5 Å². The Hall–Kier alpha value is -2.08. The molecule has 104 valence electrons. The SMILES string of the molecule is COc1ccc(-c2c(N)sc3c2CCC3)cc1[N+](=O)[O-]. The first-order valence-corrected chi connectivity index (χ1v) is 7.16. The predicted octanol–water partition coefficient (Wildman–Crippen LogP) is 3.40. The second-order valence-electron chi connectivity index (χ2n) is 4.74. The lowest BCUT2D eigenvalue weighted by molar-refractivity contribution is -0.385. The molecule has 1 aliphatic rings. The van der Waals surface area contributed by atoms with E-state index in [2.05, 4.69) is 0 Å². The molecule has 0 unspecified atom stereocenters. The minimum atomic E-state index is -0.425. The van der Waals surface area contributed by atoms with Crippen LogP contribution in [0.2, 0.25) is 0 Å². The number of nitrogen functional groups attached to an aromatic ring is 1. The van der Waals surface area contributed by atoms with Gasteiger partial charge in [-0.3, -0.25) is 10.1 Å². The van der Waals surface area contributed by atoms with E-state index in [9.17, 15) is 10.1 Å². The van der Waals surface area contributed by atoms with E-state index in [4.69, 9.17) is 10.5 Å². The van der Waals surface area contributed by atoms with Crippen LogP contribution in [0, 0.1) is 10.1 Å². The van der Waals surface area contributed by atoms with Crippen LogP contribution in [-0.4, -0.2) is 12.0 Å². The van der Waals surface area contributed by atoms with Gasteiger partial charge in [-0.15, -0.1) is 11.3 Å². The fourth-order valence-electron chi connectivity index (χ4n) is 2.73. The summed E-state index contributed by atoms with van der Waals surface area (Å²) in [5, 5.41) is 11.9. The van der Waals surface area contributed by atoms with Crippen LogP contribution in [0.4, 0.5) is 10.7 Å². The van der Waals surface area contributed by atoms with Crippen LogP contribution in [-0.2, 0) is 12.8 Å². The van der Waals surface area contributed by atoms with Gasteiger partial charge in [-0.1, -0.05) is 6.07 Å². The molecule has 0 spiro atoms. The molecular weight excluding hydrogens is 276 g/mol. The molecule has 2 aromatic rings. The van der Waals surface area contributed by atoms with Crippen molar-refractivity contribution in [3.05, 3.63) is 38.8 Å². The van der Waals surface area contributed by atoms with Gasteiger partial charge in [0, 0.05) is 16.5 Å². The average molecular weight is 290 g/mol. The van der Waals surface area contributed by atoms with Crippen LogP contribution in [0.3, 0.4) is 0 Å². The molecule has 20 heavy (non-hydrogen) atoms. The maximum atomic E-state index is 11.1. The minimum Gasteiger partial charge on any atom is -0.490 e. The molecule has 0 radical (unpaired) electrons. The highest BCUT2D eigenvalue weighted by atomic mass is 32.1. The second-order valence-corrected chi connectivity index (χ2v) is 5.88. The normalized spacial score (nSPS) is 13.2. The maximum absolute atomic E-state index is 11.1. The molecule has 0 fully saturated rings. The van der Waals surface area contributed by atoms with E-state index >= 15 is 0 Å².